The topological polar surface area (TPSA) is 76.1 Å². The summed E-state index contributed by atoms with van der Waals surface area (Å²) in [5.74, 6) is 1.74. The van der Waals surface area contributed by atoms with Crippen molar-refractivity contribution >= 4 is 28.9 Å². The maximum Gasteiger partial charge on any atom is 0.229 e. The second-order valence-corrected chi connectivity index (χ2v) is 7.00. The fourth-order valence-corrected chi connectivity index (χ4v) is 3.50. The predicted octanol–water partition coefficient (Wildman–Crippen LogP) is 5.05. The molecule has 0 radical (unpaired) electrons. The minimum Gasteiger partial charge on any atom is -0.495 e. The van der Waals surface area contributed by atoms with Crippen LogP contribution < -0.4 is 15.4 Å². The van der Waals surface area contributed by atoms with Gasteiger partial charge in [0.15, 0.2) is 5.78 Å². The third-order valence-electron chi connectivity index (χ3n) is 5.06. The third kappa shape index (κ3) is 4.06. The van der Waals surface area contributed by atoms with Gasteiger partial charge in [-0.1, -0.05) is 31.2 Å². The number of ether oxygens (including phenoxy) is 1. The lowest BCUT2D eigenvalue weighted by Gasteiger charge is -2.20. The van der Waals surface area contributed by atoms with Crippen molar-refractivity contribution in [3.63, 3.8) is 0 Å². The molecule has 29 heavy (non-hydrogen) atoms. The van der Waals surface area contributed by atoms with E-state index in [4.69, 9.17) is 4.74 Å². The molecule has 6 nitrogen and oxygen atoms in total. The van der Waals surface area contributed by atoms with Gasteiger partial charge in [0.05, 0.1) is 24.1 Å². The minimum atomic E-state index is 0.0718. The average molecular weight is 388 g/mol. The van der Waals surface area contributed by atoms with Crippen molar-refractivity contribution in [1.29, 1.82) is 0 Å². The van der Waals surface area contributed by atoms with Crippen LogP contribution in [0.1, 0.15) is 41.4 Å². The van der Waals surface area contributed by atoms with E-state index in [1.54, 1.807) is 7.11 Å². The van der Waals surface area contributed by atoms with Crippen LogP contribution in [0.5, 0.6) is 5.75 Å². The number of rotatable bonds is 6. The summed E-state index contributed by atoms with van der Waals surface area (Å²) in [4.78, 5) is 21.9. The zero-order valence-corrected chi connectivity index (χ0v) is 16.7. The Kier molecular flexibility index (Phi) is 5.42. The normalized spacial score (nSPS) is 13.0. The molecule has 4 rings (SSSR count). The molecule has 0 amide bonds. The molecule has 0 aliphatic heterocycles. The molecule has 1 heterocycles. The van der Waals surface area contributed by atoms with E-state index in [0.29, 0.717) is 29.5 Å². The first kappa shape index (κ1) is 18.9. The van der Waals surface area contributed by atoms with Crippen molar-refractivity contribution in [2.24, 2.45) is 0 Å². The van der Waals surface area contributed by atoms with Crippen molar-refractivity contribution in [2.75, 3.05) is 17.7 Å². The van der Waals surface area contributed by atoms with E-state index in [1.807, 2.05) is 36.4 Å². The maximum atomic E-state index is 12.6. The monoisotopic (exact) mass is 388 g/mol. The molecule has 0 atom stereocenters. The molecule has 148 valence electrons. The van der Waals surface area contributed by atoms with Gasteiger partial charge in [0.2, 0.25) is 5.95 Å². The van der Waals surface area contributed by atoms with Gasteiger partial charge in [-0.3, -0.25) is 4.79 Å². The Labute approximate surface area is 170 Å². The molecule has 1 aliphatic carbocycles. The quantitative estimate of drug-likeness (QED) is 0.615. The van der Waals surface area contributed by atoms with Crippen LogP contribution in [0.4, 0.5) is 23.1 Å². The number of carbonyl (C=O) groups excluding carboxylic acids is 1. The Balaban J connectivity index is 1.72. The third-order valence-corrected chi connectivity index (χ3v) is 5.06. The molecule has 1 aromatic heterocycles. The number of benzene rings is 2. The number of fused-ring (bicyclic) bond motifs is 1. The van der Waals surface area contributed by atoms with Gasteiger partial charge in [-0.05, 0) is 49.1 Å². The van der Waals surface area contributed by atoms with Gasteiger partial charge < -0.3 is 15.4 Å². The van der Waals surface area contributed by atoms with Crippen LogP contribution in [0.2, 0.25) is 0 Å². The Morgan fingerprint density at radius 3 is 2.55 bits per heavy atom. The van der Waals surface area contributed by atoms with Gasteiger partial charge >= 0.3 is 0 Å². The number of hydrogen-bond donors (Lipinski definition) is 2. The van der Waals surface area contributed by atoms with Crippen LogP contribution in [0.25, 0.3) is 0 Å². The molecule has 3 aromatic rings. The number of aryl methyl sites for hydroxylation is 2. The van der Waals surface area contributed by atoms with Crippen LogP contribution in [0.3, 0.4) is 0 Å². The van der Waals surface area contributed by atoms with E-state index < -0.39 is 0 Å². The highest BCUT2D eigenvalue weighted by molar-refractivity contribution is 6.03. The van der Waals surface area contributed by atoms with Gasteiger partial charge in [-0.2, -0.15) is 4.98 Å². The number of methoxy groups -OCH3 is 1. The lowest BCUT2D eigenvalue weighted by Crippen LogP contribution is -2.18. The smallest absolute Gasteiger partial charge is 0.229 e. The first-order valence-electron chi connectivity index (χ1n) is 9.88. The molecule has 2 aromatic carbocycles. The number of para-hydroxylation sites is 2. The van der Waals surface area contributed by atoms with Crippen molar-refractivity contribution in [3.8, 4) is 5.75 Å². The number of anilines is 4. The van der Waals surface area contributed by atoms with Gasteiger partial charge in [0, 0.05) is 12.1 Å². The van der Waals surface area contributed by atoms with Crippen molar-refractivity contribution < 1.29 is 9.53 Å². The average Bonchev–Trinajstić information content (AvgIpc) is 2.74. The second-order valence-electron chi connectivity index (χ2n) is 7.00. The molecule has 0 unspecified atom stereocenters. The first-order chi connectivity index (χ1) is 14.2. The summed E-state index contributed by atoms with van der Waals surface area (Å²) in [6, 6.07) is 15.8. The van der Waals surface area contributed by atoms with E-state index in [0.717, 1.165) is 36.3 Å². The maximum absolute atomic E-state index is 12.6. The number of nitrogens with one attached hydrogen (secondary N) is 2. The van der Waals surface area contributed by atoms with E-state index in [1.165, 1.54) is 5.56 Å². The second kappa shape index (κ2) is 8.31. The summed E-state index contributed by atoms with van der Waals surface area (Å²) < 4.78 is 5.43. The summed E-state index contributed by atoms with van der Waals surface area (Å²) in [6.07, 6.45) is 3.07. The zero-order chi connectivity index (χ0) is 20.2. The number of hydrogen-bond acceptors (Lipinski definition) is 6. The summed E-state index contributed by atoms with van der Waals surface area (Å²) in [7, 11) is 1.62. The number of Topliss-reactive ketones (excluding diaryl/α,β-unsaturated/α-hetero) is 1. The van der Waals surface area contributed by atoms with E-state index in [2.05, 4.69) is 39.7 Å². The van der Waals surface area contributed by atoms with Crippen molar-refractivity contribution in [1.82, 2.24) is 9.97 Å². The van der Waals surface area contributed by atoms with E-state index in [-0.39, 0.29) is 5.78 Å². The standard InChI is InChI=1S/C23H24N4O2/c1-3-15-11-13-16(14-12-15)24-23-26-18-8-6-9-19(28)21(18)22(27-23)25-17-7-4-5-10-20(17)29-2/h4-5,7,10-14H,3,6,8-9H2,1-2H3,(H2,24,25,26,27). The number of nitrogens with zero attached hydrogens (tertiary/aromatic N) is 2. The number of aromatic nitrogens is 2. The Morgan fingerprint density at radius 2 is 1.79 bits per heavy atom. The molecule has 0 saturated heterocycles. The highest BCUT2D eigenvalue weighted by Gasteiger charge is 2.25. The van der Waals surface area contributed by atoms with Crippen LogP contribution in [-0.4, -0.2) is 22.9 Å². The largest absolute Gasteiger partial charge is 0.495 e. The SMILES string of the molecule is CCc1ccc(Nc2nc3c(c(Nc4ccccc4OC)n2)C(=O)CCC3)cc1. The number of ketones is 1. The van der Waals surface area contributed by atoms with Gasteiger partial charge in [0.25, 0.3) is 0 Å². The zero-order valence-electron chi connectivity index (χ0n) is 16.7. The number of carbonyl (C=O) groups is 1. The fourth-order valence-electron chi connectivity index (χ4n) is 3.50. The van der Waals surface area contributed by atoms with Crippen molar-refractivity contribution in [3.05, 3.63) is 65.4 Å². The molecule has 0 bridgehead atoms. The summed E-state index contributed by atoms with van der Waals surface area (Å²) >= 11 is 0. The van der Waals surface area contributed by atoms with Crippen LogP contribution in [0.15, 0.2) is 48.5 Å². The highest BCUT2D eigenvalue weighted by atomic mass is 16.5. The first-order valence-corrected chi connectivity index (χ1v) is 9.88. The van der Waals surface area contributed by atoms with Gasteiger partial charge in [-0.15, -0.1) is 0 Å². The molecule has 0 saturated carbocycles. The molecule has 1 aliphatic rings. The lowest BCUT2D eigenvalue weighted by molar-refractivity contribution is 0.0972. The van der Waals surface area contributed by atoms with Crippen LogP contribution >= 0.6 is 0 Å². The van der Waals surface area contributed by atoms with Gasteiger partial charge in [-0.25, -0.2) is 4.98 Å². The highest BCUT2D eigenvalue weighted by Crippen LogP contribution is 2.32. The van der Waals surface area contributed by atoms with E-state index >= 15 is 0 Å². The van der Waals surface area contributed by atoms with Crippen LogP contribution in [0, 0.1) is 0 Å². The minimum absolute atomic E-state index is 0.0718. The molecular weight excluding hydrogens is 364 g/mol. The molecule has 0 fully saturated rings. The lowest BCUT2D eigenvalue weighted by atomic mass is 9.95. The molecule has 2 N–H and O–H groups in total. The summed E-state index contributed by atoms with van der Waals surface area (Å²) in [5.41, 5.74) is 4.29. The van der Waals surface area contributed by atoms with Crippen LogP contribution in [-0.2, 0) is 12.8 Å². The Morgan fingerprint density at radius 1 is 1.00 bits per heavy atom. The summed E-state index contributed by atoms with van der Waals surface area (Å²) in [6.45, 7) is 2.13. The van der Waals surface area contributed by atoms with E-state index in [9.17, 15) is 4.79 Å². The Bertz CT molecular complexity index is 1030. The molecule has 0 spiro atoms. The molecule has 6 heteroatoms. The Hall–Kier alpha value is -3.41. The van der Waals surface area contributed by atoms with Crippen molar-refractivity contribution in [2.45, 2.75) is 32.6 Å². The molecular formula is C23H24N4O2. The fraction of sp³-hybridized carbons (Fsp3) is 0.261. The summed E-state index contributed by atoms with van der Waals surface area (Å²) in [5, 5.41) is 6.56. The predicted molar refractivity (Wildman–Crippen MR) is 115 cm³/mol. The van der Waals surface area contributed by atoms with Gasteiger partial charge in [0.1, 0.15) is 11.6 Å².